The van der Waals surface area contributed by atoms with Crippen LogP contribution in [0.4, 0.5) is 0 Å². The Balaban J connectivity index is 3.42. The van der Waals surface area contributed by atoms with Crippen LogP contribution in [0, 0.1) is 0 Å². The van der Waals surface area contributed by atoms with Gasteiger partial charge in [0.15, 0.2) is 0 Å². The van der Waals surface area contributed by atoms with Crippen molar-refractivity contribution in [3.63, 3.8) is 0 Å². The van der Waals surface area contributed by atoms with Gasteiger partial charge in [0.25, 0.3) is 10.0 Å². The lowest BCUT2D eigenvalue weighted by Crippen LogP contribution is -2.20. The van der Waals surface area contributed by atoms with E-state index in [0.29, 0.717) is 0 Å². The molecule has 0 amide bonds. The summed E-state index contributed by atoms with van der Waals surface area (Å²) in [5, 5.41) is 17.0. The van der Waals surface area contributed by atoms with Crippen molar-refractivity contribution in [3.05, 3.63) is 28.2 Å². The van der Waals surface area contributed by atoms with Crippen molar-refractivity contribution in [2.45, 2.75) is 4.90 Å². The minimum Gasteiger partial charge on any atom is -0.478 e. The van der Waals surface area contributed by atoms with Gasteiger partial charge in [0.2, 0.25) is 0 Å². The van der Waals surface area contributed by atoms with Gasteiger partial charge < -0.3 is 10.3 Å². The maximum Gasteiger partial charge on any atom is 0.335 e. The Morgan fingerprint density at radius 2 is 2.00 bits per heavy atom. The molecule has 0 unspecified atom stereocenters. The summed E-state index contributed by atoms with van der Waals surface area (Å²) in [7, 11) is -4.09. The smallest absolute Gasteiger partial charge is 0.335 e. The standard InChI is InChI=1S/C7H6BrNO5S/c8-5-2-1-4(7(10)11)3-6(5)15(13,14)9-12/h1-3,9,12H,(H,10,11). The second-order valence-electron chi connectivity index (χ2n) is 2.55. The Bertz CT molecular complexity index is 498. The van der Waals surface area contributed by atoms with E-state index in [9.17, 15) is 13.2 Å². The fourth-order valence-electron chi connectivity index (χ4n) is 0.892. The minimum atomic E-state index is -4.09. The molecule has 0 aliphatic rings. The number of hydrogen-bond donors (Lipinski definition) is 3. The molecular weight excluding hydrogens is 290 g/mol. The van der Waals surface area contributed by atoms with Gasteiger partial charge in [-0.05, 0) is 34.1 Å². The van der Waals surface area contributed by atoms with Gasteiger partial charge >= 0.3 is 5.97 Å². The molecule has 0 bridgehead atoms. The Morgan fingerprint density at radius 3 is 2.47 bits per heavy atom. The third-order valence-corrected chi connectivity index (χ3v) is 3.70. The van der Waals surface area contributed by atoms with Crippen LogP contribution in [0.1, 0.15) is 10.4 Å². The molecule has 0 spiro atoms. The maximum absolute atomic E-state index is 11.2. The molecule has 8 heteroatoms. The molecular formula is C7H6BrNO5S. The number of sulfonamides is 1. The van der Waals surface area contributed by atoms with Crippen LogP contribution in [0.5, 0.6) is 0 Å². The molecule has 1 aromatic carbocycles. The second-order valence-corrected chi connectivity index (χ2v) is 5.03. The first-order valence-corrected chi connectivity index (χ1v) is 5.85. The third kappa shape index (κ3) is 2.53. The van der Waals surface area contributed by atoms with E-state index in [-0.39, 0.29) is 14.9 Å². The largest absolute Gasteiger partial charge is 0.478 e. The van der Waals surface area contributed by atoms with E-state index in [1.165, 1.54) is 12.1 Å². The lowest BCUT2D eigenvalue weighted by Gasteiger charge is -2.04. The monoisotopic (exact) mass is 295 g/mol. The second kappa shape index (κ2) is 4.27. The zero-order chi connectivity index (χ0) is 11.6. The highest BCUT2D eigenvalue weighted by molar-refractivity contribution is 9.10. The van der Waals surface area contributed by atoms with Gasteiger partial charge in [-0.2, -0.15) is 0 Å². The number of hydrogen-bond acceptors (Lipinski definition) is 4. The van der Waals surface area contributed by atoms with Gasteiger partial charge in [-0.3, -0.25) is 0 Å². The highest BCUT2D eigenvalue weighted by Gasteiger charge is 2.18. The number of nitrogens with one attached hydrogen (secondary N) is 1. The van der Waals surface area contributed by atoms with Crippen molar-refractivity contribution >= 4 is 31.9 Å². The quantitative estimate of drug-likeness (QED) is 0.716. The number of benzene rings is 1. The molecule has 0 atom stereocenters. The van der Waals surface area contributed by atoms with Crippen LogP contribution in [0.25, 0.3) is 0 Å². The Morgan fingerprint density at radius 1 is 1.40 bits per heavy atom. The van der Waals surface area contributed by atoms with Crippen LogP contribution in [-0.4, -0.2) is 24.7 Å². The topological polar surface area (TPSA) is 104 Å². The molecule has 0 aliphatic heterocycles. The van der Waals surface area contributed by atoms with E-state index in [2.05, 4.69) is 15.9 Å². The Hall–Kier alpha value is -0.960. The molecule has 6 nitrogen and oxygen atoms in total. The molecule has 0 fully saturated rings. The van der Waals surface area contributed by atoms with E-state index < -0.39 is 16.0 Å². The SMILES string of the molecule is O=C(O)c1ccc(Br)c(S(=O)(=O)NO)c1. The summed E-state index contributed by atoms with van der Waals surface area (Å²) >= 11 is 2.93. The Labute approximate surface area is 93.7 Å². The first kappa shape index (κ1) is 12.1. The normalized spacial score (nSPS) is 11.3. The number of carbonyl (C=O) groups is 1. The zero-order valence-electron chi connectivity index (χ0n) is 7.14. The van der Waals surface area contributed by atoms with Crippen LogP contribution in [0.15, 0.2) is 27.6 Å². The average Bonchev–Trinajstić information content (AvgIpc) is 2.17. The molecule has 0 saturated heterocycles. The lowest BCUT2D eigenvalue weighted by atomic mass is 10.2. The fourth-order valence-corrected chi connectivity index (χ4v) is 2.48. The predicted molar refractivity (Wildman–Crippen MR) is 53.2 cm³/mol. The number of carboxylic acids is 1. The van der Waals surface area contributed by atoms with Gasteiger partial charge in [0.1, 0.15) is 0 Å². The summed E-state index contributed by atoms with van der Waals surface area (Å²) in [5.41, 5.74) is -0.188. The van der Waals surface area contributed by atoms with Crippen LogP contribution in [-0.2, 0) is 10.0 Å². The average molecular weight is 296 g/mol. The zero-order valence-corrected chi connectivity index (χ0v) is 9.54. The van der Waals surface area contributed by atoms with Gasteiger partial charge in [-0.1, -0.05) is 4.89 Å². The first-order valence-electron chi connectivity index (χ1n) is 3.57. The van der Waals surface area contributed by atoms with Crippen molar-refractivity contribution in [1.82, 2.24) is 4.89 Å². The first-order chi connectivity index (χ1) is 6.88. The van der Waals surface area contributed by atoms with E-state index in [0.717, 1.165) is 11.0 Å². The highest BCUT2D eigenvalue weighted by Crippen LogP contribution is 2.22. The fraction of sp³-hybridized carbons (Fsp3) is 0. The summed E-state index contributed by atoms with van der Waals surface area (Å²) in [6, 6.07) is 3.45. The molecule has 0 saturated carbocycles. The molecule has 82 valence electrons. The maximum atomic E-state index is 11.2. The molecule has 0 aliphatic carbocycles. The summed E-state index contributed by atoms with van der Waals surface area (Å²) < 4.78 is 22.6. The minimum absolute atomic E-state index is 0.161. The van der Waals surface area contributed by atoms with Crippen molar-refractivity contribution < 1.29 is 23.5 Å². The number of rotatable bonds is 3. The van der Waals surface area contributed by atoms with E-state index in [1.54, 1.807) is 0 Å². The van der Waals surface area contributed by atoms with E-state index in [1.807, 2.05) is 0 Å². The van der Waals surface area contributed by atoms with Crippen LogP contribution in [0.2, 0.25) is 0 Å². The van der Waals surface area contributed by atoms with E-state index >= 15 is 0 Å². The van der Waals surface area contributed by atoms with Crippen molar-refractivity contribution in [2.24, 2.45) is 0 Å². The van der Waals surface area contributed by atoms with Crippen LogP contribution < -0.4 is 4.89 Å². The van der Waals surface area contributed by atoms with Gasteiger partial charge in [0.05, 0.1) is 10.5 Å². The van der Waals surface area contributed by atoms with Crippen LogP contribution >= 0.6 is 15.9 Å². The summed E-state index contributed by atoms with van der Waals surface area (Å²) in [6.45, 7) is 0. The number of carboxylic acid groups (broad SMARTS) is 1. The summed E-state index contributed by atoms with van der Waals surface area (Å²) in [4.78, 5) is 11.4. The molecule has 15 heavy (non-hydrogen) atoms. The lowest BCUT2D eigenvalue weighted by molar-refractivity contribution is 0.0696. The molecule has 0 aromatic heterocycles. The number of halogens is 1. The number of aromatic carboxylic acids is 1. The third-order valence-electron chi connectivity index (χ3n) is 1.59. The van der Waals surface area contributed by atoms with Gasteiger partial charge in [-0.15, -0.1) is 0 Å². The Kier molecular flexibility index (Phi) is 3.45. The summed E-state index contributed by atoms with van der Waals surface area (Å²) in [5.74, 6) is -1.25. The van der Waals surface area contributed by atoms with E-state index in [4.69, 9.17) is 10.3 Å². The molecule has 0 heterocycles. The molecule has 0 radical (unpaired) electrons. The van der Waals surface area contributed by atoms with Gasteiger partial charge in [-0.25, -0.2) is 13.2 Å². The summed E-state index contributed by atoms with van der Waals surface area (Å²) in [6.07, 6.45) is 0. The van der Waals surface area contributed by atoms with Crippen LogP contribution in [0.3, 0.4) is 0 Å². The molecule has 1 aromatic rings. The molecule has 1 rings (SSSR count). The molecule has 3 N–H and O–H groups in total. The van der Waals surface area contributed by atoms with Crippen molar-refractivity contribution in [1.29, 1.82) is 0 Å². The van der Waals surface area contributed by atoms with Crippen molar-refractivity contribution in [2.75, 3.05) is 0 Å². The predicted octanol–water partition coefficient (Wildman–Crippen LogP) is 0.815. The highest BCUT2D eigenvalue weighted by atomic mass is 79.9. The van der Waals surface area contributed by atoms with Crippen molar-refractivity contribution in [3.8, 4) is 0 Å². The van der Waals surface area contributed by atoms with Gasteiger partial charge in [0, 0.05) is 4.47 Å².